The zero-order valence-corrected chi connectivity index (χ0v) is 22.2. The first-order chi connectivity index (χ1) is 18.0. The number of ether oxygens (including phenoxy) is 5. The summed E-state index contributed by atoms with van der Waals surface area (Å²) in [6, 6.07) is 12.8. The van der Waals surface area contributed by atoms with Crippen LogP contribution in [0.5, 0.6) is 11.5 Å². The molecule has 2 aromatic rings. The van der Waals surface area contributed by atoms with Crippen LogP contribution in [0.2, 0.25) is 0 Å². The fourth-order valence-corrected chi connectivity index (χ4v) is 2.74. The van der Waals surface area contributed by atoms with E-state index in [0.29, 0.717) is 41.0 Å². The van der Waals surface area contributed by atoms with Crippen molar-refractivity contribution in [1.82, 2.24) is 0 Å². The molecule has 0 N–H and O–H groups in total. The molecule has 0 unspecified atom stereocenters. The zero-order valence-electron chi connectivity index (χ0n) is 22.2. The van der Waals surface area contributed by atoms with Crippen molar-refractivity contribution in [2.24, 2.45) is 5.41 Å². The van der Waals surface area contributed by atoms with Crippen LogP contribution in [0.4, 0.5) is 0 Å². The van der Waals surface area contributed by atoms with Crippen LogP contribution in [0.15, 0.2) is 60.7 Å². The molecule has 0 saturated heterocycles. The van der Waals surface area contributed by atoms with Crippen molar-refractivity contribution >= 4 is 23.9 Å². The van der Waals surface area contributed by atoms with Gasteiger partial charge in [0.15, 0.2) is 0 Å². The highest BCUT2D eigenvalue weighted by Crippen LogP contribution is 2.23. The van der Waals surface area contributed by atoms with Crippen LogP contribution >= 0.6 is 0 Å². The van der Waals surface area contributed by atoms with Crippen LogP contribution in [0.1, 0.15) is 61.3 Å². The minimum absolute atomic E-state index is 0.111. The molecular weight excluding hydrogens is 492 g/mol. The van der Waals surface area contributed by atoms with Gasteiger partial charge >= 0.3 is 23.9 Å². The lowest BCUT2D eigenvalue weighted by molar-refractivity contribution is -0.153. The van der Waals surface area contributed by atoms with Crippen molar-refractivity contribution in [3.8, 4) is 11.5 Å². The molecule has 2 aromatic carbocycles. The SMILES string of the molecule is C=C(C)C(=O)OCCCOC(=O)c1ccc(Oc2ccc(C(=O)OCCCOC(=O)C(C)(C)C)cc2)cc1. The predicted octanol–water partition coefficient (Wildman–Crippen LogP) is 5.28. The molecule has 0 saturated carbocycles. The molecule has 0 fully saturated rings. The monoisotopic (exact) mass is 526 g/mol. The molecule has 0 aromatic heterocycles. The second-order valence-corrected chi connectivity index (χ2v) is 9.43. The zero-order chi connectivity index (χ0) is 28.1. The van der Waals surface area contributed by atoms with Gasteiger partial charge in [-0.1, -0.05) is 6.58 Å². The molecule has 0 bridgehead atoms. The van der Waals surface area contributed by atoms with Gasteiger partial charge in [0, 0.05) is 18.4 Å². The maximum absolute atomic E-state index is 12.2. The van der Waals surface area contributed by atoms with Gasteiger partial charge in [0.2, 0.25) is 0 Å². The second kappa shape index (κ2) is 14.6. The van der Waals surface area contributed by atoms with E-state index in [2.05, 4.69) is 6.58 Å². The van der Waals surface area contributed by atoms with Gasteiger partial charge in [-0.15, -0.1) is 0 Å². The first-order valence-electron chi connectivity index (χ1n) is 12.2. The molecule has 0 radical (unpaired) electrons. The average molecular weight is 527 g/mol. The van der Waals surface area contributed by atoms with Crippen molar-refractivity contribution < 1.29 is 42.9 Å². The lowest BCUT2D eigenvalue weighted by Gasteiger charge is -2.16. The van der Waals surface area contributed by atoms with Crippen LogP contribution in [0.3, 0.4) is 0 Å². The molecule has 0 spiro atoms. The fraction of sp³-hybridized carbons (Fsp3) is 0.379. The van der Waals surface area contributed by atoms with E-state index in [1.807, 2.05) is 0 Å². The highest BCUT2D eigenvalue weighted by atomic mass is 16.6. The Labute approximate surface area is 222 Å². The molecule has 9 heteroatoms. The van der Waals surface area contributed by atoms with E-state index in [9.17, 15) is 19.2 Å². The summed E-state index contributed by atoms with van der Waals surface area (Å²) in [6.07, 6.45) is 0.783. The summed E-state index contributed by atoms with van der Waals surface area (Å²) >= 11 is 0. The lowest BCUT2D eigenvalue weighted by Crippen LogP contribution is -2.23. The molecule has 2 rings (SSSR count). The van der Waals surface area contributed by atoms with Crippen molar-refractivity contribution in [3.05, 3.63) is 71.8 Å². The van der Waals surface area contributed by atoms with E-state index >= 15 is 0 Å². The quantitative estimate of drug-likeness (QED) is 0.149. The summed E-state index contributed by atoms with van der Waals surface area (Å²) < 4.78 is 26.2. The average Bonchev–Trinajstić information content (AvgIpc) is 2.88. The minimum Gasteiger partial charge on any atom is -0.465 e. The number of carbonyl (C=O) groups excluding carboxylic acids is 4. The number of rotatable bonds is 13. The third-order valence-electron chi connectivity index (χ3n) is 4.89. The van der Waals surface area contributed by atoms with Gasteiger partial charge in [0.1, 0.15) is 11.5 Å². The standard InChI is InChI=1S/C29H34O9/c1-20(2)25(30)34-16-6-17-35-26(31)21-8-12-23(13-9-21)38-24-14-10-22(11-15-24)27(32)36-18-7-19-37-28(33)29(3,4)5/h8-15H,1,6-7,16-19H2,2-5H3. The maximum Gasteiger partial charge on any atom is 0.338 e. The Balaban J connectivity index is 1.72. The Kier molecular flexibility index (Phi) is 11.5. The highest BCUT2D eigenvalue weighted by molar-refractivity contribution is 5.90. The Morgan fingerprint density at radius 2 is 1.05 bits per heavy atom. The van der Waals surface area contributed by atoms with Crippen molar-refractivity contribution in [1.29, 1.82) is 0 Å². The van der Waals surface area contributed by atoms with Gasteiger partial charge in [-0.3, -0.25) is 4.79 Å². The van der Waals surface area contributed by atoms with Gasteiger partial charge in [0.25, 0.3) is 0 Å². The highest BCUT2D eigenvalue weighted by Gasteiger charge is 2.22. The van der Waals surface area contributed by atoms with Gasteiger partial charge in [-0.05, 0) is 76.2 Å². The van der Waals surface area contributed by atoms with Gasteiger partial charge in [-0.25, -0.2) is 14.4 Å². The van der Waals surface area contributed by atoms with E-state index in [0.717, 1.165) is 0 Å². The Morgan fingerprint density at radius 1 is 0.658 bits per heavy atom. The summed E-state index contributed by atoms with van der Waals surface area (Å²) in [5.41, 5.74) is 0.449. The molecule has 38 heavy (non-hydrogen) atoms. The van der Waals surface area contributed by atoms with Crippen molar-refractivity contribution in [3.63, 3.8) is 0 Å². The normalized spacial score (nSPS) is 10.7. The topological polar surface area (TPSA) is 114 Å². The molecule has 9 nitrogen and oxygen atoms in total. The lowest BCUT2D eigenvalue weighted by atomic mass is 9.97. The Hall–Kier alpha value is -4.14. The van der Waals surface area contributed by atoms with Crippen LogP contribution in [-0.4, -0.2) is 50.3 Å². The van der Waals surface area contributed by atoms with Crippen molar-refractivity contribution in [2.45, 2.75) is 40.5 Å². The number of esters is 4. The molecule has 0 aliphatic rings. The summed E-state index contributed by atoms with van der Waals surface area (Å²) in [5.74, 6) is -0.781. The number of benzene rings is 2. The maximum atomic E-state index is 12.2. The van der Waals surface area contributed by atoms with Crippen molar-refractivity contribution in [2.75, 3.05) is 26.4 Å². The van der Waals surface area contributed by atoms with E-state index in [1.165, 1.54) is 0 Å². The van der Waals surface area contributed by atoms with E-state index in [-0.39, 0.29) is 32.4 Å². The van der Waals surface area contributed by atoms with Crippen LogP contribution in [0, 0.1) is 5.41 Å². The molecule has 204 valence electrons. The Bertz CT molecular complexity index is 1110. The predicted molar refractivity (Wildman–Crippen MR) is 139 cm³/mol. The third kappa shape index (κ3) is 10.5. The van der Waals surface area contributed by atoms with Crippen LogP contribution in [-0.2, 0) is 28.5 Å². The summed E-state index contributed by atoms with van der Waals surface area (Å²) in [5, 5.41) is 0. The summed E-state index contributed by atoms with van der Waals surface area (Å²) in [7, 11) is 0. The fourth-order valence-electron chi connectivity index (χ4n) is 2.74. The molecule has 0 aliphatic heterocycles. The summed E-state index contributed by atoms with van der Waals surface area (Å²) in [4.78, 5) is 47.4. The van der Waals surface area contributed by atoms with Gasteiger partial charge in [0.05, 0.1) is 43.0 Å². The molecule has 0 atom stereocenters. The Morgan fingerprint density at radius 3 is 1.45 bits per heavy atom. The number of hydrogen-bond donors (Lipinski definition) is 0. The number of carbonyl (C=O) groups is 4. The van der Waals surface area contributed by atoms with E-state index in [1.54, 1.807) is 76.2 Å². The largest absolute Gasteiger partial charge is 0.465 e. The van der Waals surface area contributed by atoms with Crippen LogP contribution in [0.25, 0.3) is 0 Å². The third-order valence-corrected chi connectivity index (χ3v) is 4.89. The first-order valence-corrected chi connectivity index (χ1v) is 12.2. The molecule has 0 aliphatic carbocycles. The van der Waals surface area contributed by atoms with Gasteiger partial charge < -0.3 is 23.7 Å². The molecular formula is C29H34O9. The summed E-state index contributed by atoms with van der Waals surface area (Å²) in [6.45, 7) is 10.9. The first kappa shape index (κ1) is 30.1. The smallest absolute Gasteiger partial charge is 0.338 e. The molecule has 0 amide bonds. The van der Waals surface area contributed by atoms with Gasteiger partial charge in [-0.2, -0.15) is 0 Å². The second-order valence-electron chi connectivity index (χ2n) is 9.43. The van der Waals surface area contributed by atoms with E-state index in [4.69, 9.17) is 23.7 Å². The van der Waals surface area contributed by atoms with Crippen LogP contribution < -0.4 is 4.74 Å². The van der Waals surface area contributed by atoms with E-state index < -0.39 is 23.3 Å². The number of hydrogen-bond acceptors (Lipinski definition) is 9. The molecule has 0 heterocycles. The minimum atomic E-state index is -0.570.